The van der Waals surface area contributed by atoms with Crippen molar-refractivity contribution >= 4 is 5.91 Å². The van der Waals surface area contributed by atoms with Crippen LogP contribution in [0.15, 0.2) is 30.5 Å². The monoisotopic (exact) mass is 285 g/mol. The molecule has 1 aromatic heterocycles. The lowest BCUT2D eigenvalue weighted by Gasteiger charge is -2.15. The first kappa shape index (κ1) is 13.8. The molecule has 0 atom stereocenters. The van der Waals surface area contributed by atoms with Crippen molar-refractivity contribution < 1.29 is 4.79 Å². The van der Waals surface area contributed by atoms with E-state index >= 15 is 0 Å². The zero-order valence-corrected chi connectivity index (χ0v) is 11.9. The molecule has 0 bridgehead atoms. The maximum atomic E-state index is 12.1. The number of carbonyl (C=O) groups is 1. The van der Waals surface area contributed by atoms with Gasteiger partial charge in [0.2, 0.25) is 0 Å². The van der Waals surface area contributed by atoms with E-state index in [1.165, 1.54) is 18.4 Å². The van der Waals surface area contributed by atoms with Crippen molar-refractivity contribution in [3.8, 4) is 0 Å². The Morgan fingerprint density at radius 1 is 1.33 bits per heavy atom. The highest BCUT2D eigenvalue weighted by molar-refractivity contribution is 5.94. The van der Waals surface area contributed by atoms with E-state index in [2.05, 4.69) is 31.7 Å². The number of likely N-dealkylation sites (tertiary alicyclic amines) is 1. The highest BCUT2D eigenvalue weighted by atomic mass is 16.1. The summed E-state index contributed by atoms with van der Waals surface area (Å²) in [6.07, 6.45) is 4.15. The molecule has 1 aliphatic rings. The minimum Gasteiger partial charge on any atom is -0.346 e. The zero-order valence-electron chi connectivity index (χ0n) is 11.9. The average molecular weight is 285 g/mol. The lowest BCUT2D eigenvalue weighted by Crippen LogP contribution is -2.23. The summed E-state index contributed by atoms with van der Waals surface area (Å²) in [5.41, 5.74) is 2.60. The van der Waals surface area contributed by atoms with Crippen LogP contribution in [0.3, 0.4) is 0 Å². The molecule has 0 unspecified atom stereocenters. The summed E-state index contributed by atoms with van der Waals surface area (Å²) in [6.45, 7) is 3.61. The third-order valence-corrected chi connectivity index (χ3v) is 3.69. The summed E-state index contributed by atoms with van der Waals surface area (Å²) in [5, 5.41) is 13.0. The second-order valence-electron chi connectivity index (χ2n) is 5.33. The third-order valence-electron chi connectivity index (χ3n) is 3.69. The highest BCUT2D eigenvalue weighted by Crippen LogP contribution is 2.13. The van der Waals surface area contributed by atoms with Crippen LogP contribution in [0.2, 0.25) is 0 Å². The van der Waals surface area contributed by atoms with Gasteiger partial charge in [-0.15, -0.1) is 0 Å². The Bertz CT molecular complexity index is 590. The van der Waals surface area contributed by atoms with E-state index in [0.717, 1.165) is 25.3 Å². The lowest BCUT2D eigenvalue weighted by atomic mass is 10.1. The molecular formula is C15H19N5O. The Hall–Kier alpha value is -2.21. The Morgan fingerprint density at radius 2 is 2.19 bits per heavy atom. The number of H-pyrrole nitrogens is 1. The van der Waals surface area contributed by atoms with E-state index in [9.17, 15) is 4.79 Å². The van der Waals surface area contributed by atoms with Crippen LogP contribution in [0.5, 0.6) is 0 Å². The third kappa shape index (κ3) is 3.66. The largest absolute Gasteiger partial charge is 0.346 e. The number of benzene rings is 1. The number of nitrogens with zero attached hydrogens (tertiary/aromatic N) is 3. The lowest BCUT2D eigenvalue weighted by molar-refractivity contribution is 0.0950. The molecule has 6 heteroatoms. The maximum Gasteiger partial charge on any atom is 0.251 e. The number of rotatable bonds is 5. The first-order valence-corrected chi connectivity index (χ1v) is 7.25. The summed E-state index contributed by atoms with van der Waals surface area (Å²) in [7, 11) is 0. The van der Waals surface area contributed by atoms with Crippen LogP contribution in [0.25, 0.3) is 0 Å². The van der Waals surface area contributed by atoms with Crippen LogP contribution in [-0.2, 0) is 13.1 Å². The van der Waals surface area contributed by atoms with Crippen LogP contribution in [-0.4, -0.2) is 39.3 Å². The molecule has 21 heavy (non-hydrogen) atoms. The molecule has 110 valence electrons. The maximum absolute atomic E-state index is 12.1. The Kier molecular flexibility index (Phi) is 4.25. The minimum atomic E-state index is -0.0822. The fraction of sp³-hybridized carbons (Fsp3) is 0.400. The second kappa shape index (κ2) is 6.49. The van der Waals surface area contributed by atoms with E-state index in [1.807, 2.05) is 18.2 Å². The van der Waals surface area contributed by atoms with Crippen LogP contribution >= 0.6 is 0 Å². The average Bonchev–Trinajstić information content (AvgIpc) is 3.18. The normalized spacial score (nSPS) is 15.2. The van der Waals surface area contributed by atoms with Gasteiger partial charge in [-0.2, -0.15) is 15.4 Å². The first-order chi connectivity index (χ1) is 10.3. The zero-order chi connectivity index (χ0) is 14.5. The number of carbonyl (C=O) groups excluding carboxylic acids is 1. The molecule has 2 N–H and O–H groups in total. The van der Waals surface area contributed by atoms with Gasteiger partial charge in [0.1, 0.15) is 5.69 Å². The van der Waals surface area contributed by atoms with Gasteiger partial charge in [0.05, 0.1) is 12.7 Å². The molecule has 0 radical (unpaired) electrons. The molecule has 2 aromatic rings. The quantitative estimate of drug-likeness (QED) is 0.869. The molecule has 1 saturated heterocycles. The summed E-state index contributed by atoms with van der Waals surface area (Å²) in [5.74, 6) is -0.0822. The molecule has 0 aliphatic carbocycles. The van der Waals surface area contributed by atoms with Crippen molar-refractivity contribution in [3.63, 3.8) is 0 Å². The first-order valence-electron chi connectivity index (χ1n) is 7.25. The topological polar surface area (TPSA) is 73.9 Å². The number of nitrogens with one attached hydrogen (secondary N) is 2. The van der Waals surface area contributed by atoms with E-state index in [1.54, 1.807) is 6.20 Å². The predicted molar refractivity (Wildman–Crippen MR) is 78.5 cm³/mol. The van der Waals surface area contributed by atoms with Gasteiger partial charge in [-0.3, -0.25) is 9.69 Å². The van der Waals surface area contributed by atoms with Gasteiger partial charge >= 0.3 is 0 Å². The van der Waals surface area contributed by atoms with E-state index < -0.39 is 0 Å². The SMILES string of the molecule is O=C(NCc1cn[nH]n1)c1cccc(CN2CCCC2)c1. The molecule has 3 rings (SSSR count). The van der Waals surface area contributed by atoms with E-state index in [4.69, 9.17) is 0 Å². The number of aromatic amines is 1. The van der Waals surface area contributed by atoms with Crippen molar-refractivity contribution in [2.45, 2.75) is 25.9 Å². The molecule has 0 spiro atoms. The van der Waals surface area contributed by atoms with Gasteiger partial charge in [0, 0.05) is 12.1 Å². The van der Waals surface area contributed by atoms with Gasteiger partial charge in [-0.25, -0.2) is 0 Å². The van der Waals surface area contributed by atoms with Crippen molar-refractivity contribution in [2.75, 3.05) is 13.1 Å². The Morgan fingerprint density at radius 3 is 2.95 bits per heavy atom. The van der Waals surface area contributed by atoms with Gasteiger partial charge < -0.3 is 5.32 Å². The van der Waals surface area contributed by atoms with Crippen LogP contribution < -0.4 is 5.32 Å². The van der Waals surface area contributed by atoms with Crippen molar-refractivity contribution in [3.05, 3.63) is 47.3 Å². The van der Waals surface area contributed by atoms with Crippen molar-refractivity contribution in [1.29, 1.82) is 0 Å². The summed E-state index contributed by atoms with van der Waals surface area (Å²) < 4.78 is 0. The number of aromatic nitrogens is 3. The van der Waals surface area contributed by atoms with Crippen LogP contribution in [0, 0.1) is 0 Å². The summed E-state index contributed by atoms with van der Waals surface area (Å²) >= 11 is 0. The molecule has 1 aliphatic heterocycles. The number of hydrogen-bond acceptors (Lipinski definition) is 4. The van der Waals surface area contributed by atoms with Crippen LogP contribution in [0.4, 0.5) is 0 Å². The Balaban J connectivity index is 1.60. The standard InChI is InChI=1S/C15H19N5O/c21-15(16-9-14-10-17-19-18-14)13-5-3-4-12(8-13)11-20-6-1-2-7-20/h3-5,8,10H,1-2,6-7,9,11H2,(H,16,21)(H,17,18,19). The van der Waals surface area contributed by atoms with Gasteiger partial charge in [0.25, 0.3) is 5.91 Å². The number of amides is 1. The molecule has 2 heterocycles. The summed E-state index contributed by atoms with van der Waals surface area (Å²) in [6, 6.07) is 7.82. The molecule has 0 saturated carbocycles. The molecule has 6 nitrogen and oxygen atoms in total. The molecular weight excluding hydrogens is 266 g/mol. The minimum absolute atomic E-state index is 0.0822. The molecule has 1 aromatic carbocycles. The fourth-order valence-corrected chi connectivity index (χ4v) is 2.59. The van der Waals surface area contributed by atoms with Crippen molar-refractivity contribution in [2.24, 2.45) is 0 Å². The second-order valence-corrected chi connectivity index (χ2v) is 5.33. The van der Waals surface area contributed by atoms with E-state index in [-0.39, 0.29) is 5.91 Å². The number of hydrogen-bond donors (Lipinski definition) is 2. The fourth-order valence-electron chi connectivity index (χ4n) is 2.59. The Labute approximate surface area is 123 Å². The summed E-state index contributed by atoms with van der Waals surface area (Å²) in [4.78, 5) is 14.6. The molecule has 1 fully saturated rings. The smallest absolute Gasteiger partial charge is 0.251 e. The van der Waals surface area contributed by atoms with Gasteiger partial charge in [-0.1, -0.05) is 12.1 Å². The predicted octanol–water partition coefficient (Wildman–Crippen LogP) is 1.33. The van der Waals surface area contributed by atoms with Crippen LogP contribution in [0.1, 0.15) is 34.5 Å². The van der Waals surface area contributed by atoms with E-state index in [0.29, 0.717) is 12.1 Å². The van der Waals surface area contributed by atoms with Gasteiger partial charge in [-0.05, 0) is 43.6 Å². The van der Waals surface area contributed by atoms with Crippen molar-refractivity contribution in [1.82, 2.24) is 25.6 Å². The van der Waals surface area contributed by atoms with Gasteiger partial charge in [0.15, 0.2) is 0 Å². The molecule has 1 amide bonds. The highest BCUT2D eigenvalue weighted by Gasteiger charge is 2.13.